The number of hydrogen-bond acceptors (Lipinski definition) is 12. The summed E-state index contributed by atoms with van der Waals surface area (Å²) in [6, 6.07) is 11.7. The molecule has 20 heteroatoms. The Balaban J connectivity index is 0.809. The first kappa shape index (κ1) is 52.2. The van der Waals surface area contributed by atoms with Gasteiger partial charge >= 0.3 is 0 Å². The Morgan fingerprint density at radius 3 is 2.21 bits per heavy atom. The number of nitrogens with one attached hydrogen (secondary N) is 3. The minimum atomic E-state index is -0.589. The van der Waals surface area contributed by atoms with Crippen molar-refractivity contribution in [3.05, 3.63) is 92.0 Å². The van der Waals surface area contributed by atoms with Gasteiger partial charge in [0.15, 0.2) is 5.82 Å². The zero-order chi connectivity index (χ0) is 51.1. The van der Waals surface area contributed by atoms with Crippen LogP contribution in [0, 0.1) is 26.7 Å². The van der Waals surface area contributed by atoms with Crippen LogP contribution in [-0.2, 0) is 30.9 Å². The summed E-state index contributed by atoms with van der Waals surface area (Å²) in [5.41, 5.74) is 4.92. The highest BCUT2D eigenvalue weighted by molar-refractivity contribution is 7.15. The molecule has 3 aromatic heterocycles. The molecule has 3 aliphatic rings. The molecule has 2 atom stereocenters. The predicted molar refractivity (Wildman–Crippen MR) is 276 cm³/mol. The Morgan fingerprint density at radius 1 is 0.847 bits per heavy atom. The number of aliphatic imine (C=N–C) groups is 1. The van der Waals surface area contributed by atoms with Crippen molar-refractivity contribution in [1.82, 2.24) is 45.1 Å². The number of nitrogens with zero attached hydrogens (tertiary/aromatic N) is 7. The number of rotatable bonds is 19. The second-order valence-corrected chi connectivity index (χ2v) is 20.2. The van der Waals surface area contributed by atoms with Crippen LogP contribution in [0.3, 0.4) is 0 Å². The van der Waals surface area contributed by atoms with Gasteiger partial charge in [0.2, 0.25) is 17.7 Å². The molecule has 2 fully saturated rings. The number of aromatic nitrogens is 4. The van der Waals surface area contributed by atoms with Crippen molar-refractivity contribution >= 4 is 69.1 Å². The van der Waals surface area contributed by atoms with E-state index in [2.05, 4.69) is 40.0 Å². The number of amides is 5. The van der Waals surface area contributed by atoms with Crippen LogP contribution in [0.1, 0.15) is 112 Å². The normalized spacial score (nSPS) is 16.4. The highest BCUT2D eigenvalue weighted by Crippen LogP contribution is 2.40. The van der Waals surface area contributed by atoms with Gasteiger partial charge in [-0.2, -0.15) is 0 Å². The first-order valence-electron chi connectivity index (χ1n) is 24.9. The van der Waals surface area contributed by atoms with Crippen LogP contribution in [0.2, 0.25) is 5.02 Å². The fraction of sp³-hybridized carbons (Fsp3) is 0.500. The quantitative estimate of drug-likeness (QED) is 0.0820. The van der Waals surface area contributed by atoms with Crippen molar-refractivity contribution < 1.29 is 38.2 Å². The van der Waals surface area contributed by atoms with Gasteiger partial charge < -0.3 is 44.5 Å². The highest BCUT2D eigenvalue weighted by atomic mass is 35.5. The largest absolute Gasteiger partial charge is 0.497 e. The van der Waals surface area contributed by atoms with E-state index < -0.39 is 18.0 Å². The van der Waals surface area contributed by atoms with Crippen LogP contribution in [0.4, 0.5) is 0 Å². The number of halogens is 1. The summed E-state index contributed by atoms with van der Waals surface area (Å²) >= 11 is 7.90. The van der Waals surface area contributed by atoms with Crippen LogP contribution < -0.4 is 20.7 Å². The molecular formula is C52H65ClN10O8S. The number of thiophene rings is 1. The van der Waals surface area contributed by atoms with Gasteiger partial charge in [-0.1, -0.05) is 49.9 Å². The van der Waals surface area contributed by atoms with E-state index in [4.69, 9.17) is 30.8 Å². The molecule has 0 bridgehead atoms. The molecular weight excluding hydrogens is 960 g/mol. The molecule has 1 aliphatic carbocycles. The van der Waals surface area contributed by atoms with Crippen molar-refractivity contribution in [2.45, 2.75) is 84.7 Å². The molecule has 2 aromatic carbocycles. The van der Waals surface area contributed by atoms with Crippen LogP contribution in [0.25, 0.3) is 15.9 Å². The molecule has 18 nitrogen and oxygen atoms in total. The Kier molecular flexibility index (Phi) is 17.1. The maximum atomic E-state index is 14.4. The summed E-state index contributed by atoms with van der Waals surface area (Å²) in [7, 11) is 3.32. The highest BCUT2D eigenvalue weighted by Gasteiger charge is 2.37. The van der Waals surface area contributed by atoms with Crippen LogP contribution >= 0.6 is 22.9 Å². The molecule has 0 spiro atoms. The average molecular weight is 1030 g/mol. The van der Waals surface area contributed by atoms with Crippen molar-refractivity contribution in [3.63, 3.8) is 0 Å². The topological polar surface area (TPSA) is 204 Å². The number of benzene rings is 2. The number of methoxy groups -OCH3 is 1. The fourth-order valence-corrected chi connectivity index (χ4v) is 11.3. The van der Waals surface area contributed by atoms with Crippen molar-refractivity contribution in [2.75, 3.05) is 72.8 Å². The summed E-state index contributed by atoms with van der Waals surface area (Å²) in [5.74, 6) is 0.806. The van der Waals surface area contributed by atoms with E-state index in [-0.39, 0.29) is 99.8 Å². The number of hydrogen-bond donors (Lipinski definition) is 3. The third-order valence-corrected chi connectivity index (χ3v) is 15.4. The summed E-state index contributed by atoms with van der Waals surface area (Å²) in [6.45, 7) is 10.5. The van der Waals surface area contributed by atoms with Crippen molar-refractivity contribution in [3.8, 4) is 10.8 Å². The number of aryl methyl sites for hydroxylation is 3. The summed E-state index contributed by atoms with van der Waals surface area (Å²) in [6.07, 6.45) is 5.37. The number of carbonyl (C=O) groups excluding carboxylic acids is 5. The molecule has 8 rings (SSSR count). The molecule has 5 heterocycles. The van der Waals surface area contributed by atoms with Gasteiger partial charge in [0.05, 0.1) is 56.7 Å². The lowest BCUT2D eigenvalue weighted by atomic mass is 9.83. The van der Waals surface area contributed by atoms with Crippen LogP contribution in [0.5, 0.6) is 5.75 Å². The van der Waals surface area contributed by atoms with Gasteiger partial charge in [0, 0.05) is 85.2 Å². The van der Waals surface area contributed by atoms with E-state index >= 15 is 0 Å². The second kappa shape index (κ2) is 23.6. The lowest BCUT2D eigenvalue weighted by molar-refractivity contribution is -0.139. The third kappa shape index (κ3) is 11.4. The SMILES string of the molecule is CCC(=O)N[C@H](C(=O)N1CCN(C(=O)c2c(C(=O)NCCOCCOCCNC(=O)C[C@@H]3N=C(c4ccc(Cl)cc4)c4c(sc(C)c4C)-n4c(C)nnc43)c3ccc(OC)cc3n2C)CC1)C1CCCCC1. The van der Waals surface area contributed by atoms with Crippen LogP contribution in [0.15, 0.2) is 47.5 Å². The predicted octanol–water partition coefficient (Wildman–Crippen LogP) is 6.03. The second-order valence-electron chi connectivity index (χ2n) is 18.5. The van der Waals surface area contributed by atoms with Gasteiger partial charge in [0.25, 0.3) is 11.8 Å². The molecule has 5 amide bonds. The zero-order valence-electron chi connectivity index (χ0n) is 42.0. The summed E-state index contributed by atoms with van der Waals surface area (Å²) in [5, 5.41) is 19.9. The van der Waals surface area contributed by atoms with Gasteiger partial charge in [-0.3, -0.25) is 33.5 Å². The molecule has 72 heavy (non-hydrogen) atoms. The van der Waals surface area contributed by atoms with E-state index in [1.165, 1.54) is 0 Å². The Bertz CT molecular complexity index is 2820. The van der Waals surface area contributed by atoms with E-state index in [1.807, 2.05) is 35.8 Å². The summed E-state index contributed by atoms with van der Waals surface area (Å²) in [4.78, 5) is 77.9. The molecule has 0 radical (unpaired) electrons. The minimum Gasteiger partial charge on any atom is -0.497 e. The van der Waals surface area contributed by atoms with E-state index in [0.717, 1.165) is 64.4 Å². The first-order valence-corrected chi connectivity index (χ1v) is 26.1. The van der Waals surface area contributed by atoms with Crippen molar-refractivity contribution in [1.29, 1.82) is 0 Å². The first-order chi connectivity index (χ1) is 34.8. The number of fused-ring (bicyclic) bond motifs is 4. The van der Waals surface area contributed by atoms with Gasteiger partial charge in [-0.05, 0) is 69.4 Å². The lowest BCUT2D eigenvalue weighted by Crippen LogP contribution is -2.58. The Hall–Kier alpha value is -6.15. The maximum absolute atomic E-state index is 14.4. The zero-order valence-corrected chi connectivity index (χ0v) is 43.5. The lowest BCUT2D eigenvalue weighted by Gasteiger charge is -2.39. The standard InChI is InChI=1S/C52H65ClN10O8S/c1-7-41(64)57-46(34-11-9-8-10-12-34)50(67)61-21-23-62(24-22-61)51(68)47-44(38-18-17-37(69-6)29-40(38)60(47)5)49(66)55-20-26-71-28-27-70-25-19-54-42(65)30-39-48-59-58-33(4)63(48)52-43(31(2)32(3)72-52)45(56-39)35-13-15-36(53)16-14-35/h13-18,29,34,39,46H,7-12,19-28,30H2,1-6H3,(H,54,65)(H,55,66)(H,57,64)/t39-,46-/m0/s1. The molecule has 2 aliphatic heterocycles. The average Bonchev–Trinajstić information content (AvgIpc) is 3.99. The third-order valence-electron chi connectivity index (χ3n) is 13.9. The van der Waals surface area contributed by atoms with E-state index in [0.29, 0.717) is 52.8 Å². The Morgan fingerprint density at radius 2 is 1.53 bits per heavy atom. The van der Waals surface area contributed by atoms with Crippen molar-refractivity contribution in [2.24, 2.45) is 18.0 Å². The molecule has 384 valence electrons. The molecule has 1 saturated carbocycles. The number of carbonyl (C=O) groups is 5. The molecule has 3 N–H and O–H groups in total. The minimum absolute atomic E-state index is 0.0572. The van der Waals surface area contributed by atoms with Crippen LogP contribution in [-0.4, -0.2) is 143 Å². The number of ether oxygens (including phenoxy) is 3. The Labute approximate surface area is 428 Å². The van der Waals surface area contributed by atoms with E-state index in [1.54, 1.807) is 65.0 Å². The van der Waals surface area contributed by atoms with Gasteiger partial charge in [-0.25, -0.2) is 0 Å². The molecule has 5 aromatic rings. The van der Waals surface area contributed by atoms with Gasteiger partial charge in [-0.15, -0.1) is 21.5 Å². The number of piperazine rings is 1. The maximum Gasteiger partial charge on any atom is 0.271 e. The molecule has 0 unspecified atom stereocenters. The smallest absolute Gasteiger partial charge is 0.271 e. The summed E-state index contributed by atoms with van der Waals surface area (Å²) < 4.78 is 20.7. The fourth-order valence-electron chi connectivity index (χ4n) is 9.91. The van der Waals surface area contributed by atoms with Gasteiger partial charge in [0.1, 0.15) is 34.4 Å². The van der Waals surface area contributed by atoms with E-state index in [9.17, 15) is 24.0 Å². The monoisotopic (exact) mass is 1020 g/mol. The molecule has 1 saturated heterocycles.